The Balaban J connectivity index is 2.19. The van der Waals surface area contributed by atoms with Gasteiger partial charge in [-0.3, -0.25) is 14.4 Å². The average Bonchev–Trinajstić information content (AvgIpc) is 3.02. The Bertz CT molecular complexity index is 615. The van der Waals surface area contributed by atoms with Crippen LogP contribution < -0.4 is 5.32 Å². The zero-order valence-corrected chi connectivity index (χ0v) is 17.8. The lowest BCUT2D eigenvalue weighted by Gasteiger charge is -2.30. The third-order valence-corrected chi connectivity index (χ3v) is 8.10. The second-order valence-electron chi connectivity index (χ2n) is 7.35. The summed E-state index contributed by atoms with van der Waals surface area (Å²) in [5.74, 6) is -1.16. The Morgan fingerprint density at radius 1 is 1.37 bits per heavy atom. The molecule has 0 bridgehead atoms. The highest BCUT2D eigenvalue weighted by atomic mass is 32.2. The van der Waals surface area contributed by atoms with Gasteiger partial charge >= 0.3 is 5.97 Å². The van der Waals surface area contributed by atoms with E-state index in [0.717, 1.165) is 24.6 Å². The largest absolute Gasteiger partial charge is 0.480 e. The molecule has 0 spiro atoms. The smallest absolute Gasteiger partial charge is 0.327 e. The number of amides is 2. The Kier molecular flexibility index (Phi) is 7.62. The molecule has 0 radical (unpaired) electrons. The summed E-state index contributed by atoms with van der Waals surface area (Å²) in [6, 6.07) is -1.60. The van der Waals surface area contributed by atoms with Crippen LogP contribution in [0.4, 0.5) is 0 Å². The zero-order valence-electron chi connectivity index (χ0n) is 16.1. The van der Waals surface area contributed by atoms with Gasteiger partial charge in [0.15, 0.2) is 5.12 Å². The lowest BCUT2D eigenvalue weighted by Crippen LogP contribution is -2.55. The fraction of sp³-hybridized carbons (Fsp3) is 0.778. The summed E-state index contributed by atoms with van der Waals surface area (Å²) in [6.45, 7) is 7.30. The lowest BCUT2D eigenvalue weighted by molar-refractivity contribution is -0.150. The fourth-order valence-electron chi connectivity index (χ4n) is 3.52. The van der Waals surface area contributed by atoms with E-state index in [9.17, 15) is 24.3 Å². The van der Waals surface area contributed by atoms with Gasteiger partial charge in [0.05, 0.1) is 10.6 Å². The number of carbonyl (C=O) groups excluding carboxylic acids is 3. The lowest BCUT2D eigenvalue weighted by atomic mass is 10.0. The molecule has 0 aromatic rings. The van der Waals surface area contributed by atoms with Crippen LogP contribution in [0.1, 0.15) is 47.0 Å². The van der Waals surface area contributed by atoms with Gasteiger partial charge in [0.2, 0.25) is 11.8 Å². The highest BCUT2D eigenvalue weighted by Gasteiger charge is 2.48. The summed E-state index contributed by atoms with van der Waals surface area (Å²) in [4.78, 5) is 50.4. The molecule has 2 saturated heterocycles. The standard InChI is InChI=1S/C18H28N2O5S2/c1-5-9(2)14(27-11(4)21)15(22)19-12-7-6-10(3)17-20(16(12)23)13(8-26-17)18(24)25/h9-10,12-14,17H,5-8H2,1-4H3,(H,19,22)(H,24,25)/t9-,10-,12-,13-,14-,17+/m0/s1. The van der Waals surface area contributed by atoms with E-state index in [0.29, 0.717) is 12.2 Å². The van der Waals surface area contributed by atoms with Crippen molar-refractivity contribution in [3.63, 3.8) is 0 Å². The van der Waals surface area contributed by atoms with Crippen molar-refractivity contribution >= 4 is 46.4 Å². The highest BCUT2D eigenvalue weighted by molar-refractivity contribution is 8.14. The van der Waals surface area contributed by atoms with Crippen LogP contribution in [-0.4, -0.2) is 61.4 Å². The number of hydrogen-bond donors (Lipinski definition) is 2. The minimum atomic E-state index is -1.01. The Morgan fingerprint density at radius 2 is 2.04 bits per heavy atom. The molecule has 27 heavy (non-hydrogen) atoms. The maximum Gasteiger partial charge on any atom is 0.327 e. The van der Waals surface area contributed by atoms with Gasteiger partial charge in [0.25, 0.3) is 0 Å². The van der Waals surface area contributed by atoms with E-state index in [1.54, 1.807) is 0 Å². The van der Waals surface area contributed by atoms with Crippen LogP contribution in [-0.2, 0) is 19.2 Å². The van der Waals surface area contributed by atoms with Gasteiger partial charge in [-0.25, -0.2) is 4.79 Å². The van der Waals surface area contributed by atoms with Gasteiger partial charge in [-0.1, -0.05) is 39.0 Å². The van der Waals surface area contributed by atoms with E-state index < -0.39 is 23.3 Å². The minimum absolute atomic E-state index is 0.0134. The SMILES string of the molecule is CC[C@H](C)[C@H](SC(C)=O)C(=O)N[C@H]1CC[C@H](C)[C@H]2SC[C@@H](C(=O)O)N2C1=O. The predicted molar refractivity (Wildman–Crippen MR) is 106 cm³/mol. The van der Waals surface area contributed by atoms with Crippen LogP contribution >= 0.6 is 23.5 Å². The normalized spacial score (nSPS) is 30.2. The average molecular weight is 417 g/mol. The maximum atomic E-state index is 13.1. The van der Waals surface area contributed by atoms with Gasteiger partial charge < -0.3 is 15.3 Å². The third kappa shape index (κ3) is 4.99. The molecule has 2 heterocycles. The molecule has 0 saturated carbocycles. The molecule has 0 aromatic carbocycles. The first-order valence-electron chi connectivity index (χ1n) is 9.31. The Labute approximate surface area is 168 Å². The van der Waals surface area contributed by atoms with Crippen molar-refractivity contribution in [1.82, 2.24) is 10.2 Å². The first kappa shape index (κ1) is 22.1. The Morgan fingerprint density at radius 3 is 2.59 bits per heavy atom. The summed E-state index contributed by atoms with van der Waals surface area (Å²) in [6.07, 6.45) is 1.94. The molecule has 9 heteroatoms. The number of rotatable bonds is 6. The first-order chi connectivity index (χ1) is 12.7. The number of thioether (sulfide) groups is 2. The van der Waals surface area contributed by atoms with Gasteiger partial charge in [0.1, 0.15) is 12.1 Å². The topological polar surface area (TPSA) is 104 Å². The second kappa shape index (κ2) is 9.32. The van der Waals surface area contributed by atoms with Gasteiger partial charge in [0, 0.05) is 12.7 Å². The van der Waals surface area contributed by atoms with Crippen LogP contribution in [0.15, 0.2) is 0 Å². The molecule has 2 fully saturated rings. The molecule has 2 rings (SSSR count). The molecule has 7 nitrogen and oxygen atoms in total. The van der Waals surface area contributed by atoms with E-state index in [2.05, 4.69) is 5.32 Å². The van der Waals surface area contributed by atoms with E-state index in [1.165, 1.54) is 23.6 Å². The van der Waals surface area contributed by atoms with Crippen molar-refractivity contribution in [2.75, 3.05) is 5.75 Å². The quantitative estimate of drug-likeness (QED) is 0.682. The molecule has 6 atom stereocenters. The number of nitrogens with one attached hydrogen (secondary N) is 1. The molecular formula is C18H28N2O5S2. The monoisotopic (exact) mass is 416 g/mol. The number of aliphatic carboxylic acids is 1. The summed E-state index contributed by atoms with van der Waals surface area (Å²) in [5.41, 5.74) is 0. The van der Waals surface area contributed by atoms with E-state index in [-0.39, 0.29) is 34.1 Å². The van der Waals surface area contributed by atoms with Gasteiger partial charge in [-0.15, -0.1) is 11.8 Å². The number of carboxylic acid groups (broad SMARTS) is 1. The minimum Gasteiger partial charge on any atom is -0.480 e. The fourth-order valence-corrected chi connectivity index (χ4v) is 6.04. The van der Waals surface area contributed by atoms with Crippen LogP contribution in [0, 0.1) is 11.8 Å². The highest BCUT2D eigenvalue weighted by Crippen LogP contribution is 2.39. The number of hydrogen-bond acceptors (Lipinski definition) is 6. The van der Waals surface area contributed by atoms with E-state index in [4.69, 9.17) is 0 Å². The summed E-state index contributed by atoms with van der Waals surface area (Å²) < 4.78 is 0. The zero-order chi connectivity index (χ0) is 20.3. The summed E-state index contributed by atoms with van der Waals surface area (Å²) >= 11 is 2.48. The van der Waals surface area contributed by atoms with Crippen molar-refractivity contribution in [2.45, 2.75) is 69.7 Å². The molecule has 2 aliphatic rings. The molecule has 0 aliphatic carbocycles. The van der Waals surface area contributed by atoms with Crippen molar-refractivity contribution in [3.8, 4) is 0 Å². The molecule has 0 unspecified atom stereocenters. The third-order valence-electron chi connectivity index (χ3n) is 5.30. The van der Waals surface area contributed by atoms with Crippen molar-refractivity contribution in [2.24, 2.45) is 11.8 Å². The molecule has 0 aromatic heterocycles. The van der Waals surface area contributed by atoms with Crippen molar-refractivity contribution in [3.05, 3.63) is 0 Å². The van der Waals surface area contributed by atoms with Crippen molar-refractivity contribution < 1.29 is 24.3 Å². The maximum absolute atomic E-state index is 13.1. The van der Waals surface area contributed by atoms with E-state index >= 15 is 0 Å². The summed E-state index contributed by atoms with van der Waals surface area (Å²) in [7, 11) is 0. The number of nitrogens with zero attached hydrogens (tertiary/aromatic N) is 1. The number of fused-ring (bicyclic) bond motifs is 1. The molecule has 2 N–H and O–H groups in total. The van der Waals surface area contributed by atoms with Crippen LogP contribution in [0.25, 0.3) is 0 Å². The van der Waals surface area contributed by atoms with Gasteiger partial charge in [-0.2, -0.15) is 0 Å². The molecule has 152 valence electrons. The van der Waals surface area contributed by atoms with Crippen LogP contribution in [0.3, 0.4) is 0 Å². The Hall–Kier alpha value is -1.22. The molecule has 2 amide bonds. The van der Waals surface area contributed by atoms with Crippen LogP contribution in [0.2, 0.25) is 0 Å². The first-order valence-corrected chi connectivity index (χ1v) is 11.2. The molecule has 2 aliphatic heterocycles. The number of carboxylic acids is 1. The second-order valence-corrected chi connectivity index (χ2v) is 9.82. The molecular weight excluding hydrogens is 388 g/mol. The predicted octanol–water partition coefficient (Wildman–Crippen LogP) is 1.95. The van der Waals surface area contributed by atoms with E-state index in [1.807, 2.05) is 20.8 Å². The van der Waals surface area contributed by atoms with Gasteiger partial charge in [-0.05, 0) is 24.7 Å². The van der Waals surface area contributed by atoms with Crippen LogP contribution in [0.5, 0.6) is 0 Å². The number of carbonyl (C=O) groups is 4. The summed E-state index contributed by atoms with van der Waals surface area (Å²) in [5, 5.41) is 11.4. The van der Waals surface area contributed by atoms with Crippen molar-refractivity contribution in [1.29, 1.82) is 0 Å².